The first-order valence-electron chi connectivity index (χ1n) is 10.5. The van der Waals surface area contributed by atoms with Crippen LogP contribution in [0.2, 0.25) is 0 Å². The average molecular weight is 455 g/mol. The summed E-state index contributed by atoms with van der Waals surface area (Å²) >= 11 is 0. The van der Waals surface area contributed by atoms with Gasteiger partial charge >= 0.3 is 12.3 Å². The molecule has 0 radical (unpaired) electrons. The van der Waals surface area contributed by atoms with Gasteiger partial charge < -0.3 is 10.1 Å². The molecule has 0 aliphatic heterocycles. The minimum atomic E-state index is -4.75. The van der Waals surface area contributed by atoms with Crippen LogP contribution < -0.4 is 5.32 Å². The lowest BCUT2D eigenvalue weighted by molar-refractivity contribution is -0.140. The van der Waals surface area contributed by atoms with E-state index >= 15 is 0 Å². The number of rotatable bonds is 6. The second-order valence-corrected chi connectivity index (χ2v) is 7.65. The predicted molar refractivity (Wildman–Crippen MR) is 118 cm³/mol. The van der Waals surface area contributed by atoms with Crippen LogP contribution in [0.4, 0.5) is 22.4 Å². The zero-order valence-electron chi connectivity index (χ0n) is 17.5. The molecule has 3 aromatic carbocycles. The Morgan fingerprint density at radius 3 is 2.21 bits per heavy atom. The number of alkyl carbamates (subject to hydrolysis) is 1. The standard InChI is InChI=1S/C26H21F4NO2/c27-24-17(9-7-14-23(24)26(28,29)30)8-5-6-15-31-25(32)33-16-22-20-12-3-1-10-18(20)19-11-2-4-13-21(19)22/h1-5,7-14,22H,6,15-16H2,(H,31,32). The summed E-state index contributed by atoms with van der Waals surface area (Å²) in [5, 5.41) is 2.60. The number of amides is 1. The van der Waals surface area contributed by atoms with Crippen molar-refractivity contribution in [3.8, 4) is 11.1 Å². The molecule has 1 N–H and O–H groups in total. The van der Waals surface area contributed by atoms with Crippen molar-refractivity contribution in [3.63, 3.8) is 0 Å². The van der Waals surface area contributed by atoms with Crippen molar-refractivity contribution in [2.75, 3.05) is 13.2 Å². The van der Waals surface area contributed by atoms with Gasteiger partial charge in [0.15, 0.2) is 0 Å². The SMILES string of the molecule is O=C(NCCC=Cc1cccc(C(F)(F)F)c1F)OCC1c2ccccc2-c2ccccc21. The molecule has 0 atom stereocenters. The molecule has 1 aliphatic carbocycles. The molecule has 0 heterocycles. The van der Waals surface area contributed by atoms with Gasteiger partial charge in [0.05, 0.1) is 5.56 Å². The smallest absolute Gasteiger partial charge is 0.419 e. The molecule has 0 saturated carbocycles. The number of ether oxygens (including phenoxy) is 1. The van der Waals surface area contributed by atoms with Crippen LogP contribution in [-0.4, -0.2) is 19.2 Å². The molecule has 0 saturated heterocycles. The largest absolute Gasteiger partial charge is 0.449 e. The summed E-state index contributed by atoms with van der Waals surface area (Å²) in [7, 11) is 0. The fraction of sp³-hybridized carbons (Fsp3) is 0.192. The number of hydrogen-bond donors (Lipinski definition) is 1. The van der Waals surface area contributed by atoms with E-state index in [1.165, 1.54) is 18.2 Å². The van der Waals surface area contributed by atoms with Crippen LogP contribution in [-0.2, 0) is 10.9 Å². The third-order valence-corrected chi connectivity index (χ3v) is 5.56. The molecule has 0 unspecified atom stereocenters. The molecule has 7 heteroatoms. The second-order valence-electron chi connectivity index (χ2n) is 7.65. The number of hydrogen-bond acceptors (Lipinski definition) is 2. The van der Waals surface area contributed by atoms with Gasteiger partial charge in [0.1, 0.15) is 12.4 Å². The Bertz CT molecular complexity index is 1140. The molecule has 0 aromatic heterocycles. The number of carbonyl (C=O) groups is 1. The maximum Gasteiger partial charge on any atom is 0.419 e. The molecule has 1 aliphatic rings. The van der Waals surface area contributed by atoms with E-state index in [1.807, 2.05) is 48.5 Å². The van der Waals surface area contributed by atoms with E-state index in [1.54, 1.807) is 0 Å². The summed E-state index contributed by atoms with van der Waals surface area (Å²) in [5.41, 5.74) is 3.02. The van der Waals surface area contributed by atoms with Crippen molar-refractivity contribution in [1.29, 1.82) is 0 Å². The van der Waals surface area contributed by atoms with Gasteiger partial charge in [-0.15, -0.1) is 0 Å². The van der Waals surface area contributed by atoms with Crippen molar-refractivity contribution in [2.24, 2.45) is 0 Å². The minimum absolute atomic E-state index is 0.0491. The van der Waals surface area contributed by atoms with Crippen molar-refractivity contribution in [2.45, 2.75) is 18.5 Å². The average Bonchev–Trinajstić information content (AvgIpc) is 3.11. The third kappa shape index (κ3) is 4.92. The van der Waals surface area contributed by atoms with Crippen LogP contribution >= 0.6 is 0 Å². The molecule has 0 bridgehead atoms. The number of carbonyl (C=O) groups excluding carboxylic acids is 1. The lowest BCUT2D eigenvalue weighted by atomic mass is 9.98. The molecule has 1 amide bonds. The fourth-order valence-corrected chi connectivity index (χ4v) is 4.01. The Morgan fingerprint density at radius 1 is 0.939 bits per heavy atom. The van der Waals surface area contributed by atoms with Crippen LogP contribution in [0.25, 0.3) is 17.2 Å². The van der Waals surface area contributed by atoms with Crippen LogP contribution in [0.15, 0.2) is 72.8 Å². The molecule has 0 spiro atoms. The lowest BCUT2D eigenvalue weighted by Gasteiger charge is -2.14. The first-order valence-corrected chi connectivity index (χ1v) is 10.5. The molecule has 3 nitrogen and oxygen atoms in total. The Hall–Kier alpha value is -3.61. The summed E-state index contributed by atoms with van der Waals surface area (Å²) in [5.74, 6) is -1.36. The quantitative estimate of drug-likeness (QED) is 0.328. The molecule has 33 heavy (non-hydrogen) atoms. The molecular weight excluding hydrogens is 434 g/mol. The predicted octanol–water partition coefficient (Wildman–Crippen LogP) is 6.79. The van der Waals surface area contributed by atoms with Gasteiger partial charge in [0.2, 0.25) is 0 Å². The van der Waals surface area contributed by atoms with E-state index in [9.17, 15) is 22.4 Å². The lowest BCUT2D eigenvalue weighted by Crippen LogP contribution is -2.26. The van der Waals surface area contributed by atoms with Crippen molar-refractivity contribution >= 4 is 12.2 Å². The fourth-order valence-electron chi connectivity index (χ4n) is 4.01. The molecule has 4 rings (SSSR count). The monoisotopic (exact) mass is 455 g/mol. The van der Waals surface area contributed by atoms with Crippen molar-refractivity contribution in [1.82, 2.24) is 5.32 Å². The highest BCUT2D eigenvalue weighted by atomic mass is 19.4. The van der Waals surface area contributed by atoms with E-state index in [2.05, 4.69) is 5.32 Å². The summed E-state index contributed by atoms with van der Waals surface area (Å²) in [6.07, 6.45) is -2.26. The topological polar surface area (TPSA) is 38.3 Å². The number of benzene rings is 3. The highest BCUT2D eigenvalue weighted by Crippen LogP contribution is 2.44. The van der Waals surface area contributed by atoms with Gasteiger partial charge in [-0.05, 0) is 34.7 Å². The Labute approximate surface area is 188 Å². The van der Waals surface area contributed by atoms with Crippen LogP contribution in [0.5, 0.6) is 0 Å². The number of fused-ring (bicyclic) bond motifs is 3. The van der Waals surface area contributed by atoms with Gasteiger partial charge in [0, 0.05) is 18.0 Å². The highest BCUT2D eigenvalue weighted by molar-refractivity contribution is 5.79. The maximum absolute atomic E-state index is 14.0. The normalized spacial score (nSPS) is 13.1. The van der Waals surface area contributed by atoms with Gasteiger partial charge in [-0.1, -0.05) is 72.8 Å². The summed E-state index contributed by atoms with van der Waals surface area (Å²) in [4.78, 5) is 12.1. The van der Waals surface area contributed by atoms with Gasteiger partial charge in [-0.25, -0.2) is 9.18 Å². The highest BCUT2D eigenvalue weighted by Gasteiger charge is 2.34. The van der Waals surface area contributed by atoms with E-state index in [4.69, 9.17) is 4.74 Å². The van der Waals surface area contributed by atoms with Crippen molar-refractivity contribution < 1.29 is 27.1 Å². The van der Waals surface area contributed by atoms with E-state index in [0.717, 1.165) is 28.3 Å². The summed E-state index contributed by atoms with van der Waals surface area (Å²) in [6.45, 7) is 0.388. The summed E-state index contributed by atoms with van der Waals surface area (Å²) < 4.78 is 57.8. The van der Waals surface area contributed by atoms with Crippen LogP contribution in [0.1, 0.15) is 34.6 Å². The first-order chi connectivity index (χ1) is 15.9. The Balaban J connectivity index is 1.28. The van der Waals surface area contributed by atoms with Gasteiger partial charge in [-0.3, -0.25) is 0 Å². The van der Waals surface area contributed by atoms with E-state index < -0.39 is 23.7 Å². The van der Waals surface area contributed by atoms with Crippen LogP contribution in [0, 0.1) is 5.82 Å². The number of alkyl halides is 3. The van der Waals surface area contributed by atoms with Gasteiger partial charge in [0.25, 0.3) is 0 Å². The molecule has 170 valence electrons. The molecule has 0 fully saturated rings. The van der Waals surface area contributed by atoms with Crippen LogP contribution in [0.3, 0.4) is 0 Å². The number of halogens is 4. The molecular formula is C26H21F4NO2. The third-order valence-electron chi connectivity index (χ3n) is 5.56. The van der Waals surface area contributed by atoms with E-state index in [-0.39, 0.29) is 24.6 Å². The second kappa shape index (κ2) is 9.48. The number of nitrogens with one attached hydrogen (secondary N) is 1. The van der Waals surface area contributed by atoms with E-state index in [0.29, 0.717) is 12.5 Å². The zero-order valence-corrected chi connectivity index (χ0v) is 17.5. The zero-order chi connectivity index (χ0) is 23.4. The van der Waals surface area contributed by atoms with Crippen molar-refractivity contribution in [3.05, 3.63) is 101 Å². The Morgan fingerprint density at radius 2 is 1.58 bits per heavy atom. The minimum Gasteiger partial charge on any atom is -0.449 e. The van der Waals surface area contributed by atoms with Gasteiger partial charge in [-0.2, -0.15) is 13.2 Å². The Kier molecular flexibility index (Phi) is 6.49. The summed E-state index contributed by atoms with van der Waals surface area (Å²) in [6, 6.07) is 19.1. The first kappa shape index (κ1) is 22.6. The maximum atomic E-state index is 14.0. The molecule has 3 aromatic rings.